The molecule has 176 valence electrons. The van der Waals surface area contributed by atoms with Crippen molar-refractivity contribution in [3.63, 3.8) is 0 Å². The Kier molecular flexibility index (Phi) is 5.04. The van der Waals surface area contributed by atoms with Gasteiger partial charge in [-0.1, -0.05) is 50.3 Å². The highest BCUT2D eigenvalue weighted by atomic mass is 19.1. The lowest BCUT2D eigenvalue weighted by Gasteiger charge is -2.45. The molecule has 0 saturated heterocycles. The van der Waals surface area contributed by atoms with Crippen LogP contribution in [0.5, 0.6) is 0 Å². The normalized spacial score (nSPS) is 22.9. The van der Waals surface area contributed by atoms with Crippen molar-refractivity contribution in [2.24, 2.45) is 11.8 Å². The molecule has 0 amide bonds. The molecule has 3 atom stereocenters. The third-order valence-corrected chi connectivity index (χ3v) is 7.86. The van der Waals surface area contributed by atoms with Crippen molar-refractivity contribution in [3.8, 4) is 28.7 Å². The molecule has 36 heavy (non-hydrogen) atoms. The molecular formula is C30H23FN4O. The predicted molar refractivity (Wildman–Crippen MR) is 135 cm³/mol. The number of aromatic nitrogens is 3. The first kappa shape index (κ1) is 22.2. The van der Waals surface area contributed by atoms with Crippen molar-refractivity contribution in [2.45, 2.75) is 32.1 Å². The summed E-state index contributed by atoms with van der Waals surface area (Å²) in [7, 11) is 0. The number of Topliss-reactive ketones (excluding diaryl/α,β-unsaturated/α-hetero) is 1. The SMILES string of the molecule is CC1C(=O)C(C#N)=C[C@@]2(C)c3nc(-c4ccnc5ccccc45)nc(-c4ccccc4F)c3CCC12. The van der Waals surface area contributed by atoms with Gasteiger partial charge in [0.15, 0.2) is 11.6 Å². The number of carbonyl (C=O) groups is 1. The van der Waals surface area contributed by atoms with Gasteiger partial charge in [-0.2, -0.15) is 5.26 Å². The van der Waals surface area contributed by atoms with Crippen LogP contribution in [0.3, 0.4) is 0 Å². The molecule has 0 aliphatic heterocycles. The summed E-state index contributed by atoms with van der Waals surface area (Å²) in [6.07, 6.45) is 4.87. The minimum Gasteiger partial charge on any atom is -0.293 e. The van der Waals surface area contributed by atoms with E-state index in [1.54, 1.807) is 30.5 Å². The van der Waals surface area contributed by atoms with E-state index in [1.165, 1.54) is 6.07 Å². The van der Waals surface area contributed by atoms with Crippen LogP contribution in [0, 0.1) is 29.0 Å². The number of hydrogen-bond donors (Lipinski definition) is 0. The van der Waals surface area contributed by atoms with Crippen LogP contribution in [0.15, 0.2) is 72.4 Å². The Morgan fingerprint density at radius 2 is 1.83 bits per heavy atom. The molecule has 0 N–H and O–H groups in total. The lowest BCUT2D eigenvalue weighted by molar-refractivity contribution is -0.121. The molecule has 6 heteroatoms. The number of nitriles is 1. The topological polar surface area (TPSA) is 79.5 Å². The molecule has 6 rings (SSSR count). The Balaban J connectivity index is 1.70. The standard InChI is InChI=1S/C30H23FN4O/c1-17-23-12-11-22-26(21-8-3-5-9-24(21)31)34-29(20-13-14-33-25-10-6-4-7-19(20)25)35-28(22)30(23,2)15-18(16-32)27(17)36/h3-10,13-15,17,23H,11-12H2,1-2H3/t17?,23?,30-/m1/s1. The molecule has 4 aromatic rings. The largest absolute Gasteiger partial charge is 0.293 e. The highest BCUT2D eigenvalue weighted by molar-refractivity contribution is 6.02. The molecule has 2 aliphatic carbocycles. The van der Waals surface area contributed by atoms with Crippen LogP contribution < -0.4 is 0 Å². The summed E-state index contributed by atoms with van der Waals surface area (Å²) >= 11 is 0. The van der Waals surface area contributed by atoms with Crippen LogP contribution in [-0.4, -0.2) is 20.7 Å². The fraction of sp³-hybridized carbons (Fsp3) is 0.233. The van der Waals surface area contributed by atoms with E-state index < -0.39 is 5.41 Å². The number of allylic oxidation sites excluding steroid dienone is 2. The fourth-order valence-corrected chi connectivity index (χ4v) is 6.06. The van der Waals surface area contributed by atoms with E-state index in [1.807, 2.05) is 44.2 Å². The maximum Gasteiger partial charge on any atom is 0.176 e. The Morgan fingerprint density at radius 1 is 1.06 bits per heavy atom. The van der Waals surface area contributed by atoms with E-state index >= 15 is 4.39 Å². The lowest BCUT2D eigenvalue weighted by atomic mass is 9.57. The zero-order valence-corrected chi connectivity index (χ0v) is 20.0. The third-order valence-electron chi connectivity index (χ3n) is 7.86. The molecule has 2 heterocycles. The lowest BCUT2D eigenvalue weighted by Crippen LogP contribution is -2.46. The maximum atomic E-state index is 15.1. The summed E-state index contributed by atoms with van der Waals surface area (Å²) in [4.78, 5) is 27.4. The fourth-order valence-electron chi connectivity index (χ4n) is 6.06. The first-order valence-electron chi connectivity index (χ1n) is 12.1. The second-order valence-electron chi connectivity index (χ2n) is 9.83. The number of para-hydroxylation sites is 1. The van der Waals surface area contributed by atoms with Crippen LogP contribution in [0.25, 0.3) is 33.5 Å². The molecule has 2 unspecified atom stereocenters. The molecule has 0 fully saturated rings. The summed E-state index contributed by atoms with van der Waals surface area (Å²) < 4.78 is 15.1. The second kappa shape index (κ2) is 8.17. The van der Waals surface area contributed by atoms with Gasteiger partial charge in [0.2, 0.25) is 0 Å². The van der Waals surface area contributed by atoms with Gasteiger partial charge in [-0.25, -0.2) is 14.4 Å². The molecule has 5 nitrogen and oxygen atoms in total. The van der Waals surface area contributed by atoms with E-state index in [4.69, 9.17) is 9.97 Å². The summed E-state index contributed by atoms with van der Waals surface area (Å²) in [6.45, 7) is 3.94. The van der Waals surface area contributed by atoms with E-state index in [2.05, 4.69) is 11.1 Å². The Morgan fingerprint density at radius 3 is 2.64 bits per heavy atom. The van der Waals surface area contributed by atoms with Crippen molar-refractivity contribution in [2.75, 3.05) is 0 Å². The van der Waals surface area contributed by atoms with Gasteiger partial charge in [0.25, 0.3) is 0 Å². The van der Waals surface area contributed by atoms with Crippen molar-refractivity contribution in [1.82, 2.24) is 15.0 Å². The summed E-state index contributed by atoms with van der Waals surface area (Å²) in [5, 5.41) is 10.6. The smallest absolute Gasteiger partial charge is 0.176 e. The van der Waals surface area contributed by atoms with Gasteiger partial charge in [0, 0.05) is 39.6 Å². The van der Waals surface area contributed by atoms with E-state index in [9.17, 15) is 10.1 Å². The van der Waals surface area contributed by atoms with Crippen LogP contribution in [0.2, 0.25) is 0 Å². The first-order chi connectivity index (χ1) is 17.4. The van der Waals surface area contributed by atoms with Crippen LogP contribution in [0.4, 0.5) is 4.39 Å². The first-order valence-corrected chi connectivity index (χ1v) is 12.1. The van der Waals surface area contributed by atoms with Crippen molar-refractivity contribution < 1.29 is 9.18 Å². The molecule has 2 aromatic carbocycles. The Labute approximate surface area is 208 Å². The number of carbonyl (C=O) groups excluding carboxylic acids is 1. The third kappa shape index (κ3) is 3.20. The maximum absolute atomic E-state index is 15.1. The number of ketones is 1. The summed E-state index contributed by atoms with van der Waals surface area (Å²) in [5.41, 5.74) is 3.73. The monoisotopic (exact) mass is 474 g/mol. The molecule has 0 radical (unpaired) electrons. The van der Waals surface area contributed by atoms with Gasteiger partial charge in [-0.05, 0) is 43.0 Å². The predicted octanol–water partition coefficient (Wildman–Crippen LogP) is 5.99. The minimum absolute atomic E-state index is 0.0139. The number of pyridine rings is 1. The van der Waals surface area contributed by atoms with Gasteiger partial charge in [0.05, 0.1) is 22.5 Å². The Bertz CT molecular complexity index is 1630. The van der Waals surface area contributed by atoms with E-state index in [0.717, 1.165) is 34.1 Å². The van der Waals surface area contributed by atoms with Crippen molar-refractivity contribution in [1.29, 1.82) is 5.26 Å². The second-order valence-corrected chi connectivity index (χ2v) is 9.83. The zero-order chi connectivity index (χ0) is 25.0. The Hall–Kier alpha value is -4.24. The molecular weight excluding hydrogens is 451 g/mol. The number of halogens is 1. The summed E-state index contributed by atoms with van der Waals surface area (Å²) in [6, 6.07) is 18.4. The average molecular weight is 475 g/mol. The molecule has 2 aliphatic rings. The van der Waals surface area contributed by atoms with Crippen LogP contribution in [-0.2, 0) is 16.6 Å². The highest BCUT2D eigenvalue weighted by Crippen LogP contribution is 2.51. The van der Waals surface area contributed by atoms with Crippen molar-refractivity contribution in [3.05, 3.63) is 89.5 Å². The van der Waals surface area contributed by atoms with Gasteiger partial charge < -0.3 is 0 Å². The van der Waals surface area contributed by atoms with Crippen molar-refractivity contribution >= 4 is 16.7 Å². The van der Waals surface area contributed by atoms with E-state index in [-0.39, 0.29) is 29.0 Å². The molecule has 0 bridgehead atoms. The van der Waals surface area contributed by atoms with Gasteiger partial charge in [-0.15, -0.1) is 0 Å². The number of fused-ring (bicyclic) bond motifs is 4. The van der Waals surface area contributed by atoms with Gasteiger partial charge in [0.1, 0.15) is 11.9 Å². The molecule has 0 saturated carbocycles. The number of rotatable bonds is 2. The molecule has 0 spiro atoms. The van der Waals surface area contributed by atoms with Gasteiger partial charge >= 0.3 is 0 Å². The zero-order valence-electron chi connectivity index (χ0n) is 20.0. The molecule has 2 aromatic heterocycles. The van der Waals surface area contributed by atoms with Crippen LogP contribution in [0.1, 0.15) is 31.5 Å². The quantitative estimate of drug-likeness (QED) is 0.357. The summed E-state index contributed by atoms with van der Waals surface area (Å²) in [5.74, 6) is -0.312. The highest BCUT2D eigenvalue weighted by Gasteiger charge is 2.49. The average Bonchev–Trinajstić information content (AvgIpc) is 2.90. The number of nitrogens with zero attached hydrogens (tertiary/aromatic N) is 4. The van der Waals surface area contributed by atoms with Crippen LogP contribution >= 0.6 is 0 Å². The van der Waals surface area contributed by atoms with E-state index in [0.29, 0.717) is 23.5 Å². The number of hydrogen-bond acceptors (Lipinski definition) is 5. The van der Waals surface area contributed by atoms with Gasteiger partial charge in [-0.3, -0.25) is 9.78 Å². The minimum atomic E-state index is -0.660. The number of benzene rings is 2.